The molecule has 1 fully saturated rings. The van der Waals surface area contributed by atoms with Gasteiger partial charge in [0, 0.05) is 19.3 Å². The number of hydrogen-bond donors (Lipinski definition) is 1. The van der Waals surface area contributed by atoms with Crippen molar-refractivity contribution >= 4 is 17.4 Å². The Labute approximate surface area is 157 Å². The highest BCUT2D eigenvalue weighted by molar-refractivity contribution is 6.32. The van der Waals surface area contributed by atoms with Crippen LogP contribution in [0.1, 0.15) is 37.7 Å². The molecule has 7 heteroatoms. The Balaban J connectivity index is 1.89. The van der Waals surface area contributed by atoms with Gasteiger partial charge in [0.05, 0.1) is 10.6 Å². The fraction of sp³-hybridized carbons (Fsp3) is 0.368. The second-order valence-electron chi connectivity index (χ2n) is 6.36. The van der Waals surface area contributed by atoms with Crippen LogP contribution in [-0.4, -0.2) is 34.0 Å². The summed E-state index contributed by atoms with van der Waals surface area (Å²) in [7, 11) is 1.91. The highest BCUT2D eigenvalue weighted by Gasteiger charge is 2.25. The molecule has 1 aliphatic carbocycles. The SMILES string of the molecule is CN(/C(=N\O)c1cccnc1Oc1ccc(F)cc1Cl)C1CCCCC1. The number of benzene rings is 1. The van der Waals surface area contributed by atoms with E-state index >= 15 is 0 Å². The van der Waals surface area contributed by atoms with Crippen LogP contribution < -0.4 is 4.74 Å². The van der Waals surface area contributed by atoms with E-state index < -0.39 is 5.82 Å². The lowest BCUT2D eigenvalue weighted by Crippen LogP contribution is -2.39. The Morgan fingerprint density at radius 3 is 2.77 bits per heavy atom. The lowest BCUT2D eigenvalue weighted by molar-refractivity contribution is 0.256. The molecule has 1 aromatic heterocycles. The van der Waals surface area contributed by atoms with E-state index in [1.54, 1.807) is 18.3 Å². The third-order valence-corrected chi connectivity index (χ3v) is 4.96. The number of amidine groups is 1. The summed E-state index contributed by atoms with van der Waals surface area (Å²) in [5.74, 6) is 0.471. The Hall–Kier alpha value is -2.34. The molecule has 1 aromatic carbocycles. The van der Waals surface area contributed by atoms with E-state index in [0.29, 0.717) is 17.4 Å². The highest BCUT2D eigenvalue weighted by Crippen LogP contribution is 2.32. The maximum absolute atomic E-state index is 13.2. The minimum Gasteiger partial charge on any atom is -0.437 e. The average molecular weight is 378 g/mol. The van der Waals surface area contributed by atoms with Gasteiger partial charge < -0.3 is 14.8 Å². The summed E-state index contributed by atoms with van der Waals surface area (Å²) in [6.07, 6.45) is 7.24. The van der Waals surface area contributed by atoms with Crippen molar-refractivity contribution in [3.63, 3.8) is 0 Å². The van der Waals surface area contributed by atoms with Gasteiger partial charge in [-0.2, -0.15) is 0 Å². The lowest BCUT2D eigenvalue weighted by Gasteiger charge is -2.33. The van der Waals surface area contributed by atoms with Crippen molar-refractivity contribution in [2.24, 2.45) is 5.16 Å². The van der Waals surface area contributed by atoms with Crippen molar-refractivity contribution in [1.29, 1.82) is 0 Å². The number of aromatic nitrogens is 1. The molecule has 1 saturated carbocycles. The van der Waals surface area contributed by atoms with Crippen LogP contribution >= 0.6 is 11.6 Å². The number of oxime groups is 1. The van der Waals surface area contributed by atoms with Gasteiger partial charge in [-0.3, -0.25) is 0 Å². The fourth-order valence-electron chi connectivity index (χ4n) is 3.26. The molecule has 26 heavy (non-hydrogen) atoms. The van der Waals surface area contributed by atoms with Gasteiger partial charge in [-0.15, -0.1) is 0 Å². The van der Waals surface area contributed by atoms with Crippen LogP contribution in [0.15, 0.2) is 41.7 Å². The Kier molecular flexibility index (Phi) is 5.93. The normalized spacial score (nSPS) is 15.7. The maximum Gasteiger partial charge on any atom is 0.230 e. The molecule has 0 saturated heterocycles. The molecule has 0 amide bonds. The first-order chi connectivity index (χ1) is 12.6. The lowest BCUT2D eigenvalue weighted by atomic mass is 9.94. The molecule has 1 N–H and O–H groups in total. The Morgan fingerprint density at radius 2 is 2.08 bits per heavy atom. The molecule has 2 aromatic rings. The summed E-state index contributed by atoms with van der Waals surface area (Å²) in [4.78, 5) is 6.21. The molecule has 1 aliphatic rings. The Bertz CT molecular complexity index is 794. The topological polar surface area (TPSA) is 58.0 Å². The smallest absolute Gasteiger partial charge is 0.230 e. The van der Waals surface area contributed by atoms with Crippen molar-refractivity contribution in [2.45, 2.75) is 38.1 Å². The van der Waals surface area contributed by atoms with E-state index in [-0.39, 0.29) is 16.7 Å². The van der Waals surface area contributed by atoms with Gasteiger partial charge >= 0.3 is 0 Å². The summed E-state index contributed by atoms with van der Waals surface area (Å²) >= 11 is 6.05. The summed E-state index contributed by atoms with van der Waals surface area (Å²) in [5.41, 5.74) is 0.545. The molecule has 0 aliphatic heterocycles. The van der Waals surface area contributed by atoms with Crippen molar-refractivity contribution in [2.75, 3.05) is 7.05 Å². The number of rotatable bonds is 4. The van der Waals surface area contributed by atoms with Gasteiger partial charge in [-0.1, -0.05) is 36.0 Å². The predicted octanol–water partition coefficient (Wildman–Crippen LogP) is 5.07. The van der Waals surface area contributed by atoms with Crippen molar-refractivity contribution in [1.82, 2.24) is 9.88 Å². The Morgan fingerprint density at radius 1 is 1.31 bits per heavy atom. The monoisotopic (exact) mass is 377 g/mol. The third kappa shape index (κ3) is 4.07. The van der Waals surface area contributed by atoms with Crippen LogP contribution in [0.3, 0.4) is 0 Å². The molecule has 138 valence electrons. The van der Waals surface area contributed by atoms with E-state index in [0.717, 1.165) is 25.7 Å². The quantitative estimate of drug-likeness (QED) is 0.350. The van der Waals surface area contributed by atoms with Crippen molar-refractivity contribution in [3.8, 4) is 11.6 Å². The van der Waals surface area contributed by atoms with Gasteiger partial charge in [0.25, 0.3) is 0 Å². The van der Waals surface area contributed by atoms with Crippen molar-refractivity contribution < 1.29 is 14.3 Å². The number of nitrogens with zero attached hydrogens (tertiary/aromatic N) is 3. The van der Waals surface area contributed by atoms with Crippen LogP contribution in [0, 0.1) is 5.82 Å². The van der Waals surface area contributed by atoms with Gasteiger partial charge in [-0.25, -0.2) is 9.37 Å². The average Bonchev–Trinajstić information content (AvgIpc) is 2.66. The van der Waals surface area contributed by atoms with Crippen LogP contribution in [0.5, 0.6) is 11.6 Å². The van der Waals surface area contributed by atoms with E-state index in [1.807, 2.05) is 11.9 Å². The number of ether oxygens (including phenoxy) is 1. The van der Waals surface area contributed by atoms with E-state index in [4.69, 9.17) is 16.3 Å². The number of pyridine rings is 1. The number of halogens is 2. The fourth-order valence-corrected chi connectivity index (χ4v) is 3.47. The van der Waals surface area contributed by atoms with E-state index in [2.05, 4.69) is 10.1 Å². The van der Waals surface area contributed by atoms with E-state index in [9.17, 15) is 9.60 Å². The molecule has 0 bridgehead atoms. The largest absolute Gasteiger partial charge is 0.437 e. The summed E-state index contributed by atoms with van der Waals surface area (Å²) in [5, 5.41) is 13.3. The molecule has 0 unspecified atom stereocenters. The predicted molar refractivity (Wildman–Crippen MR) is 98.7 cm³/mol. The zero-order valence-corrected chi connectivity index (χ0v) is 15.3. The molecule has 5 nitrogen and oxygen atoms in total. The minimum absolute atomic E-state index is 0.143. The molecule has 0 spiro atoms. The third-order valence-electron chi connectivity index (χ3n) is 4.66. The van der Waals surface area contributed by atoms with Crippen LogP contribution in [0.25, 0.3) is 0 Å². The van der Waals surface area contributed by atoms with E-state index in [1.165, 1.54) is 24.6 Å². The maximum atomic E-state index is 13.2. The first-order valence-corrected chi connectivity index (χ1v) is 9.01. The summed E-state index contributed by atoms with van der Waals surface area (Å²) in [6.45, 7) is 0. The second kappa shape index (κ2) is 8.36. The molecule has 0 radical (unpaired) electrons. The minimum atomic E-state index is -0.446. The zero-order valence-electron chi connectivity index (χ0n) is 14.5. The van der Waals surface area contributed by atoms with Crippen molar-refractivity contribution in [3.05, 3.63) is 52.9 Å². The highest BCUT2D eigenvalue weighted by atomic mass is 35.5. The van der Waals surface area contributed by atoms with Gasteiger partial charge in [0.15, 0.2) is 5.84 Å². The molecular formula is C19H21ClFN3O2. The van der Waals surface area contributed by atoms with Gasteiger partial charge in [-0.05, 0) is 43.2 Å². The molecule has 1 heterocycles. The molecule has 3 rings (SSSR count). The zero-order chi connectivity index (χ0) is 18.5. The second-order valence-corrected chi connectivity index (χ2v) is 6.77. The van der Waals surface area contributed by atoms with Crippen LogP contribution in [0.4, 0.5) is 4.39 Å². The van der Waals surface area contributed by atoms with Crippen LogP contribution in [-0.2, 0) is 0 Å². The molecule has 0 atom stereocenters. The standard InChI is InChI=1S/C19H21ClFN3O2/c1-24(14-6-3-2-4-7-14)18(23-25)15-8-5-11-22-19(15)26-17-10-9-13(21)12-16(17)20/h5,8-12,14,25H,2-4,6-7H2,1H3/b23-18-. The van der Waals surface area contributed by atoms with Crippen LogP contribution in [0.2, 0.25) is 5.02 Å². The van der Waals surface area contributed by atoms with Gasteiger partial charge in [0.2, 0.25) is 5.88 Å². The first-order valence-electron chi connectivity index (χ1n) is 8.63. The number of hydrogen-bond acceptors (Lipinski definition) is 4. The summed E-state index contributed by atoms with van der Waals surface area (Å²) in [6, 6.07) is 7.70. The first kappa shape index (κ1) is 18.5. The summed E-state index contributed by atoms with van der Waals surface area (Å²) < 4.78 is 19.0. The molecular weight excluding hydrogens is 357 g/mol. The van der Waals surface area contributed by atoms with Gasteiger partial charge in [0.1, 0.15) is 11.6 Å².